The number of pyridine rings is 1. The van der Waals surface area contributed by atoms with E-state index in [1.54, 1.807) is 29.4 Å². The van der Waals surface area contributed by atoms with E-state index in [2.05, 4.69) is 15.6 Å². The molecule has 1 aliphatic heterocycles. The molecule has 23 heavy (non-hydrogen) atoms. The van der Waals surface area contributed by atoms with Crippen LogP contribution in [0.2, 0.25) is 0 Å². The van der Waals surface area contributed by atoms with Crippen molar-refractivity contribution in [2.45, 2.75) is 19.0 Å². The highest BCUT2D eigenvalue weighted by molar-refractivity contribution is 5.74. The normalized spacial score (nSPS) is 17.1. The van der Waals surface area contributed by atoms with Crippen LogP contribution in [0.4, 0.5) is 14.9 Å². The summed E-state index contributed by atoms with van der Waals surface area (Å²) in [6.45, 7) is 1.67. The minimum atomic E-state index is -0.293. The molecule has 1 aliphatic rings. The van der Waals surface area contributed by atoms with Crippen LogP contribution in [0.3, 0.4) is 0 Å². The Balaban J connectivity index is 1.47. The lowest BCUT2D eigenvalue weighted by Crippen LogP contribution is -2.39. The summed E-state index contributed by atoms with van der Waals surface area (Å²) in [5.41, 5.74) is 1.71. The van der Waals surface area contributed by atoms with Gasteiger partial charge in [-0.2, -0.15) is 0 Å². The Morgan fingerprint density at radius 2 is 2.26 bits per heavy atom. The predicted molar refractivity (Wildman–Crippen MR) is 86.5 cm³/mol. The van der Waals surface area contributed by atoms with Crippen LogP contribution in [0.25, 0.3) is 0 Å². The van der Waals surface area contributed by atoms with Crippen molar-refractivity contribution in [1.82, 2.24) is 15.2 Å². The lowest BCUT2D eigenvalue weighted by molar-refractivity contribution is 0.208. The van der Waals surface area contributed by atoms with Crippen molar-refractivity contribution >= 4 is 11.7 Å². The second-order valence-corrected chi connectivity index (χ2v) is 5.61. The molecule has 0 unspecified atom stereocenters. The van der Waals surface area contributed by atoms with Crippen LogP contribution in [0.5, 0.6) is 0 Å². The number of nitrogens with zero attached hydrogens (tertiary/aromatic N) is 2. The maximum Gasteiger partial charge on any atom is 0.317 e. The number of aromatic nitrogens is 1. The van der Waals surface area contributed by atoms with E-state index in [1.165, 1.54) is 12.1 Å². The van der Waals surface area contributed by atoms with E-state index in [-0.39, 0.29) is 17.9 Å². The number of urea groups is 1. The number of likely N-dealkylation sites (tertiary alicyclic amines) is 1. The van der Waals surface area contributed by atoms with Gasteiger partial charge in [0.25, 0.3) is 0 Å². The lowest BCUT2D eigenvalue weighted by Gasteiger charge is -2.18. The third-order valence-electron chi connectivity index (χ3n) is 3.84. The number of carbonyl (C=O) groups is 1. The highest BCUT2D eigenvalue weighted by Gasteiger charge is 2.25. The van der Waals surface area contributed by atoms with E-state index >= 15 is 0 Å². The fraction of sp³-hybridized carbons (Fsp3) is 0.294. The second-order valence-electron chi connectivity index (χ2n) is 5.61. The molecule has 2 N–H and O–H groups in total. The van der Waals surface area contributed by atoms with Crippen LogP contribution in [0, 0.1) is 5.82 Å². The van der Waals surface area contributed by atoms with Gasteiger partial charge in [0.1, 0.15) is 5.82 Å². The molecule has 1 saturated heterocycles. The molecule has 0 bridgehead atoms. The monoisotopic (exact) mass is 314 g/mol. The van der Waals surface area contributed by atoms with Crippen LogP contribution in [-0.2, 0) is 6.54 Å². The third-order valence-corrected chi connectivity index (χ3v) is 3.84. The molecule has 5 nitrogen and oxygen atoms in total. The van der Waals surface area contributed by atoms with Crippen molar-refractivity contribution in [3.63, 3.8) is 0 Å². The van der Waals surface area contributed by atoms with Gasteiger partial charge in [0.15, 0.2) is 0 Å². The Morgan fingerprint density at radius 1 is 1.35 bits per heavy atom. The fourth-order valence-corrected chi connectivity index (χ4v) is 2.68. The Kier molecular flexibility index (Phi) is 4.71. The molecule has 0 spiro atoms. The average Bonchev–Trinajstić information content (AvgIpc) is 3.02. The number of anilines is 1. The van der Waals surface area contributed by atoms with Gasteiger partial charge in [-0.15, -0.1) is 0 Å². The average molecular weight is 314 g/mol. The van der Waals surface area contributed by atoms with E-state index in [9.17, 15) is 9.18 Å². The van der Waals surface area contributed by atoms with Crippen LogP contribution in [-0.4, -0.2) is 35.0 Å². The summed E-state index contributed by atoms with van der Waals surface area (Å²) in [6.07, 6.45) is 4.39. The topological polar surface area (TPSA) is 57.3 Å². The van der Waals surface area contributed by atoms with E-state index in [4.69, 9.17) is 0 Å². The van der Waals surface area contributed by atoms with Gasteiger partial charge in [0.2, 0.25) is 0 Å². The number of benzene rings is 1. The first-order valence-corrected chi connectivity index (χ1v) is 7.64. The molecule has 0 saturated carbocycles. The van der Waals surface area contributed by atoms with E-state index in [0.29, 0.717) is 19.6 Å². The fourth-order valence-electron chi connectivity index (χ4n) is 2.68. The first-order chi connectivity index (χ1) is 11.2. The molecule has 3 rings (SSSR count). The van der Waals surface area contributed by atoms with Gasteiger partial charge in [0.05, 0.1) is 5.69 Å². The number of halogens is 1. The number of nitrogens with one attached hydrogen (secondary N) is 2. The second kappa shape index (κ2) is 7.09. The summed E-state index contributed by atoms with van der Waals surface area (Å²) < 4.78 is 13.1. The number of hydrogen-bond donors (Lipinski definition) is 2. The Morgan fingerprint density at radius 3 is 3.04 bits per heavy atom. The maximum atomic E-state index is 13.1. The third kappa shape index (κ3) is 4.18. The molecule has 120 valence electrons. The van der Waals surface area contributed by atoms with Crippen molar-refractivity contribution in [2.75, 3.05) is 18.4 Å². The van der Waals surface area contributed by atoms with Gasteiger partial charge >= 0.3 is 6.03 Å². The Hall–Kier alpha value is -2.63. The molecule has 1 atom stereocenters. The Labute approximate surface area is 134 Å². The van der Waals surface area contributed by atoms with Crippen molar-refractivity contribution in [2.24, 2.45) is 0 Å². The largest absolute Gasteiger partial charge is 0.379 e. The molecule has 2 heterocycles. The summed E-state index contributed by atoms with van der Waals surface area (Å²) >= 11 is 0. The van der Waals surface area contributed by atoms with Crippen LogP contribution >= 0.6 is 0 Å². The molecule has 1 aromatic carbocycles. The van der Waals surface area contributed by atoms with Crippen LogP contribution < -0.4 is 10.6 Å². The van der Waals surface area contributed by atoms with Crippen molar-refractivity contribution in [3.8, 4) is 0 Å². The van der Waals surface area contributed by atoms with Crippen molar-refractivity contribution in [3.05, 3.63) is 60.2 Å². The number of amides is 2. The molecule has 0 aliphatic carbocycles. The van der Waals surface area contributed by atoms with Gasteiger partial charge in [-0.3, -0.25) is 4.98 Å². The summed E-state index contributed by atoms with van der Waals surface area (Å²) in [5, 5.41) is 6.21. The van der Waals surface area contributed by atoms with Crippen molar-refractivity contribution in [1.29, 1.82) is 0 Å². The molecule has 0 radical (unpaired) electrons. The quantitative estimate of drug-likeness (QED) is 0.912. The van der Waals surface area contributed by atoms with Gasteiger partial charge in [-0.25, -0.2) is 9.18 Å². The number of rotatable bonds is 4. The smallest absolute Gasteiger partial charge is 0.317 e. The van der Waals surface area contributed by atoms with E-state index in [0.717, 1.165) is 17.7 Å². The Bertz CT molecular complexity index is 665. The molecule has 1 aromatic heterocycles. The van der Waals surface area contributed by atoms with Gasteiger partial charge in [-0.05, 0) is 36.2 Å². The van der Waals surface area contributed by atoms with Crippen molar-refractivity contribution < 1.29 is 9.18 Å². The number of hydrogen-bond acceptors (Lipinski definition) is 3. The number of carbonyl (C=O) groups excluding carboxylic acids is 1. The van der Waals surface area contributed by atoms with Crippen LogP contribution in [0.1, 0.15) is 12.0 Å². The molecule has 2 amide bonds. The zero-order valence-electron chi connectivity index (χ0n) is 12.7. The highest BCUT2D eigenvalue weighted by Crippen LogP contribution is 2.15. The van der Waals surface area contributed by atoms with Gasteiger partial charge < -0.3 is 15.5 Å². The van der Waals surface area contributed by atoms with E-state index < -0.39 is 0 Å². The first kappa shape index (κ1) is 15.3. The zero-order valence-corrected chi connectivity index (χ0v) is 12.7. The predicted octanol–water partition coefficient (Wildman–Crippen LogP) is 2.62. The summed E-state index contributed by atoms with van der Waals surface area (Å²) in [5.74, 6) is -0.293. The highest BCUT2D eigenvalue weighted by atomic mass is 19.1. The molecule has 1 fully saturated rings. The molecule has 2 aromatic rings. The standard InChI is InChI=1S/C17H19FN4O/c18-14-4-1-3-13(9-14)10-20-17(23)22-8-6-16(12-22)21-15-5-2-7-19-11-15/h1-5,7,9,11,16,21H,6,8,10,12H2,(H,20,23)/t16-/m0/s1. The van der Waals surface area contributed by atoms with Gasteiger partial charge in [0, 0.05) is 38.1 Å². The first-order valence-electron chi connectivity index (χ1n) is 7.64. The summed E-state index contributed by atoms with van der Waals surface area (Å²) in [6, 6.07) is 10.2. The SMILES string of the molecule is O=C(NCc1cccc(F)c1)N1CC[C@H](Nc2cccnc2)C1. The van der Waals surface area contributed by atoms with Crippen LogP contribution in [0.15, 0.2) is 48.8 Å². The lowest BCUT2D eigenvalue weighted by atomic mass is 10.2. The summed E-state index contributed by atoms with van der Waals surface area (Å²) in [4.78, 5) is 18.0. The molecular formula is C17H19FN4O. The molecule has 6 heteroatoms. The molecular weight excluding hydrogens is 295 g/mol. The summed E-state index contributed by atoms with van der Waals surface area (Å²) in [7, 11) is 0. The zero-order chi connectivity index (χ0) is 16.1. The van der Waals surface area contributed by atoms with E-state index in [1.807, 2.05) is 12.1 Å². The van der Waals surface area contributed by atoms with Gasteiger partial charge in [-0.1, -0.05) is 12.1 Å². The maximum absolute atomic E-state index is 13.1. The minimum Gasteiger partial charge on any atom is -0.379 e. The minimum absolute atomic E-state index is 0.121.